The van der Waals surface area contributed by atoms with Crippen LogP contribution in [0.25, 0.3) is 0 Å². The van der Waals surface area contributed by atoms with Crippen molar-refractivity contribution in [1.29, 1.82) is 0 Å². The number of carboxylic acids is 2. The van der Waals surface area contributed by atoms with Crippen LogP contribution < -0.4 is 31.6 Å². The second kappa shape index (κ2) is 14.7. The predicted molar refractivity (Wildman–Crippen MR) is 196 cm³/mol. The van der Waals surface area contributed by atoms with Crippen LogP contribution in [0.4, 0.5) is 11.4 Å². The van der Waals surface area contributed by atoms with Crippen LogP contribution in [0.3, 0.4) is 0 Å². The molecule has 0 radical (unpaired) electrons. The molecule has 5 aromatic carbocycles. The van der Waals surface area contributed by atoms with Gasteiger partial charge in [-0.3, -0.25) is 9.59 Å². The Morgan fingerprint density at radius 2 is 0.942 bits per heavy atom. The van der Waals surface area contributed by atoms with E-state index in [1.54, 1.807) is 98.8 Å². The molecule has 0 atom stereocenters. The Kier molecular flexibility index (Phi) is 10.3. The number of hydrogen-bond acceptors (Lipinski definition) is 8. The van der Waals surface area contributed by atoms with Gasteiger partial charge in [-0.1, -0.05) is 24.3 Å². The molecule has 0 fully saturated rings. The van der Waals surface area contributed by atoms with Crippen LogP contribution in [0, 0.1) is 0 Å². The number of amides is 2. The summed E-state index contributed by atoms with van der Waals surface area (Å²) in [4.78, 5) is 51.5. The lowest BCUT2D eigenvalue weighted by molar-refractivity contribution is 0.0675. The molecule has 266 valence electrons. The Labute approximate surface area is 300 Å². The number of nitrogen functional groups attached to an aromatic ring is 1. The van der Waals surface area contributed by atoms with Crippen LogP contribution in [0.2, 0.25) is 0 Å². The lowest BCUT2D eigenvalue weighted by atomic mass is 9.92. The monoisotopic (exact) mass is 702 g/mol. The van der Waals surface area contributed by atoms with Crippen LogP contribution >= 0.6 is 0 Å². The van der Waals surface area contributed by atoms with Gasteiger partial charge in [0.2, 0.25) is 0 Å². The van der Waals surface area contributed by atoms with Crippen LogP contribution in [0.5, 0.6) is 23.0 Å². The lowest BCUT2D eigenvalue weighted by Gasteiger charge is -2.27. The quantitative estimate of drug-likeness (QED) is 0.0713. The Hall–Kier alpha value is -6.66. The Bertz CT molecular complexity index is 2120. The highest BCUT2D eigenvalue weighted by atomic mass is 16.5. The van der Waals surface area contributed by atoms with Crippen molar-refractivity contribution in [3.05, 3.63) is 143 Å². The maximum Gasteiger partial charge on any atom is 0.336 e. The van der Waals surface area contributed by atoms with Crippen LogP contribution in [0.1, 0.15) is 80.3 Å². The predicted octanol–water partition coefficient (Wildman–Crippen LogP) is 7.36. The summed E-state index contributed by atoms with van der Waals surface area (Å²) < 4.78 is 11.7. The summed E-state index contributed by atoms with van der Waals surface area (Å²) in [7, 11) is 0. The van der Waals surface area contributed by atoms with E-state index in [4.69, 9.17) is 20.9 Å². The number of aromatic carboxylic acids is 2. The van der Waals surface area contributed by atoms with Gasteiger partial charge in [0.05, 0.1) is 27.8 Å². The molecular formula is C40H38N4O8. The first-order valence-corrected chi connectivity index (χ1v) is 16.1. The van der Waals surface area contributed by atoms with Gasteiger partial charge in [0.15, 0.2) is 0 Å². The van der Waals surface area contributed by atoms with E-state index in [0.717, 1.165) is 17.7 Å². The lowest BCUT2D eigenvalue weighted by Crippen LogP contribution is -2.41. The average molecular weight is 703 g/mol. The summed E-state index contributed by atoms with van der Waals surface area (Å²) in [6.07, 6.45) is 0. The largest absolute Gasteiger partial charge is 0.478 e. The molecule has 0 saturated carbocycles. The number of carbonyl (C=O) groups is 4. The number of nitrogens with one attached hydrogen (secondary N) is 2. The number of anilines is 2. The average Bonchev–Trinajstić information content (AvgIpc) is 3.09. The van der Waals surface area contributed by atoms with E-state index in [9.17, 15) is 29.4 Å². The molecule has 0 unspecified atom stereocenters. The van der Waals surface area contributed by atoms with Crippen molar-refractivity contribution in [3.63, 3.8) is 0 Å². The van der Waals surface area contributed by atoms with Crippen molar-refractivity contribution < 1.29 is 38.9 Å². The Morgan fingerprint density at radius 1 is 0.558 bits per heavy atom. The molecule has 0 aromatic heterocycles. The third-order valence-corrected chi connectivity index (χ3v) is 8.17. The minimum Gasteiger partial charge on any atom is -0.478 e. The molecule has 52 heavy (non-hydrogen) atoms. The molecule has 0 spiro atoms. The summed E-state index contributed by atoms with van der Waals surface area (Å²) in [6.45, 7) is 7.20. The van der Waals surface area contributed by atoms with Gasteiger partial charge in [-0.2, -0.15) is 0 Å². The van der Waals surface area contributed by atoms with Crippen LogP contribution in [0.15, 0.2) is 109 Å². The number of ether oxygens (including phenoxy) is 2. The first-order chi connectivity index (χ1) is 24.5. The SMILES string of the molecule is CC(C)(N)c1ccc(Oc2ccc(NC(=O)c3cc(C(=O)O)c(C(=O)NC(C)(C)c4ccc(Oc5ccc(N)cc5)cc4)cc3C(=O)O)cc2)cc1. The molecule has 0 bridgehead atoms. The fourth-order valence-electron chi connectivity index (χ4n) is 5.26. The fraction of sp³-hybridized carbons (Fsp3) is 0.150. The number of carboxylic acid groups (broad SMARTS) is 2. The highest BCUT2D eigenvalue weighted by Crippen LogP contribution is 2.29. The number of rotatable bonds is 12. The van der Waals surface area contributed by atoms with Crippen LogP contribution in [-0.4, -0.2) is 34.0 Å². The van der Waals surface area contributed by atoms with Gasteiger partial charge in [-0.05, 0) is 124 Å². The molecule has 0 heterocycles. The zero-order chi connectivity index (χ0) is 37.8. The third-order valence-electron chi connectivity index (χ3n) is 8.17. The van der Waals surface area contributed by atoms with Gasteiger partial charge in [0, 0.05) is 16.9 Å². The highest BCUT2D eigenvalue weighted by Gasteiger charge is 2.29. The van der Waals surface area contributed by atoms with Gasteiger partial charge in [0.1, 0.15) is 23.0 Å². The minimum atomic E-state index is -1.53. The van der Waals surface area contributed by atoms with Crippen molar-refractivity contribution in [2.45, 2.75) is 38.8 Å². The number of carbonyl (C=O) groups excluding carboxylic acids is 2. The minimum absolute atomic E-state index is 0.291. The van der Waals surface area contributed by atoms with E-state index in [2.05, 4.69) is 10.6 Å². The van der Waals surface area contributed by atoms with E-state index in [1.165, 1.54) is 0 Å². The van der Waals surface area contributed by atoms with Gasteiger partial charge in [-0.15, -0.1) is 0 Å². The summed E-state index contributed by atoms with van der Waals surface area (Å²) in [5, 5.41) is 25.4. The maximum atomic E-state index is 13.5. The summed E-state index contributed by atoms with van der Waals surface area (Å²) in [5.41, 5.74) is 10.8. The third kappa shape index (κ3) is 8.73. The molecule has 0 saturated heterocycles. The molecule has 0 aliphatic carbocycles. The van der Waals surface area contributed by atoms with E-state index < -0.39 is 57.1 Å². The van der Waals surface area contributed by atoms with E-state index in [-0.39, 0.29) is 0 Å². The zero-order valence-electron chi connectivity index (χ0n) is 28.9. The van der Waals surface area contributed by atoms with Gasteiger partial charge in [0.25, 0.3) is 11.8 Å². The molecule has 5 rings (SSSR count). The second-order valence-electron chi connectivity index (χ2n) is 13.2. The van der Waals surface area contributed by atoms with Crippen molar-refractivity contribution in [1.82, 2.24) is 5.32 Å². The van der Waals surface area contributed by atoms with E-state index in [1.807, 2.05) is 26.0 Å². The van der Waals surface area contributed by atoms with Crippen molar-refractivity contribution in [2.75, 3.05) is 11.1 Å². The van der Waals surface area contributed by atoms with Gasteiger partial charge in [-0.25, -0.2) is 9.59 Å². The number of nitrogens with two attached hydrogens (primary N) is 2. The zero-order valence-corrected chi connectivity index (χ0v) is 28.9. The topological polar surface area (TPSA) is 203 Å². The Morgan fingerprint density at radius 3 is 1.37 bits per heavy atom. The van der Waals surface area contributed by atoms with Crippen LogP contribution in [-0.2, 0) is 11.1 Å². The molecule has 12 nitrogen and oxygen atoms in total. The normalized spacial score (nSPS) is 11.3. The van der Waals surface area contributed by atoms with Crippen molar-refractivity contribution in [3.8, 4) is 23.0 Å². The highest BCUT2D eigenvalue weighted by molar-refractivity contribution is 6.15. The summed E-state index contributed by atoms with van der Waals surface area (Å²) >= 11 is 0. The first kappa shape index (κ1) is 36.6. The maximum absolute atomic E-state index is 13.5. The van der Waals surface area contributed by atoms with Gasteiger partial charge < -0.3 is 41.8 Å². The number of benzene rings is 5. The van der Waals surface area contributed by atoms with E-state index in [0.29, 0.717) is 39.9 Å². The summed E-state index contributed by atoms with van der Waals surface area (Å²) in [5.74, 6) is -2.63. The summed E-state index contributed by atoms with van der Waals surface area (Å²) in [6, 6.07) is 29.2. The molecule has 2 amide bonds. The van der Waals surface area contributed by atoms with Gasteiger partial charge >= 0.3 is 11.9 Å². The second-order valence-corrected chi connectivity index (χ2v) is 13.2. The smallest absolute Gasteiger partial charge is 0.336 e. The molecular weight excluding hydrogens is 664 g/mol. The molecule has 12 heteroatoms. The Balaban J connectivity index is 1.31. The molecule has 0 aliphatic rings. The molecule has 5 aromatic rings. The van der Waals surface area contributed by atoms with Crippen molar-refractivity contribution in [2.24, 2.45) is 5.73 Å². The van der Waals surface area contributed by atoms with E-state index >= 15 is 0 Å². The fourth-order valence-corrected chi connectivity index (χ4v) is 5.26. The number of hydrogen-bond donors (Lipinski definition) is 6. The molecule has 0 aliphatic heterocycles. The first-order valence-electron chi connectivity index (χ1n) is 16.1. The molecule has 8 N–H and O–H groups in total. The van der Waals surface area contributed by atoms with Crippen molar-refractivity contribution >= 4 is 35.1 Å². The standard InChI is InChI=1S/C40H38N4O8/c1-39(2,42)23-5-13-27(14-6-23)52-30-19-11-26(12-20-30)43-35(45)31-21-34(38(49)50)32(22-33(31)37(47)48)36(46)44-40(3,4)24-7-15-28(16-8-24)51-29-17-9-25(41)10-18-29/h5-22H,41-42H2,1-4H3,(H,43,45)(H,44,46)(H,47,48)(H,49,50).